The standard InChI is InChI=1S/C13H18FN3O2/c1-15-13(19)11-3-2-10(6-12(11)14)17-5-4-16-9(7-17)8-18/h2-3,6,9,16,18H,4-5,7-8H2,1H3,(H,15,19)/t9-/m0/s1. The Labute approximate surface area is 111 Å². The minimum absolute atomic E-state index is 0.00423. The highest BCUT2D eigenvalue weighted by atomic mass is 19.1. The summed E-state index contributed by atoms with van der Waals surface area (Å²) in [5, 5.41) is 14.7. The Morgan fingerprint density at radius 2 is 2.42 bits per heavy atom. The van der Waals surface area contributed by atoms with Gasteiger partial charge in [0.1, 0.15) is 5.82 Å². The van der Waals surface area contributed by atoms with E-state index in [-0.39, 0.29) is 18.2 Å². The fourth-order valence-corrected chi connectivity index (χ4v) is 2.20. The van der Waals surface area contributed by atoms with Crippen molar-refractivity contribution in [3.8, 4) is 0 Å². The van der Waals surface area contributed by atoms with E-state index < -0.39 is 11.7 Å². The molecule has 0 spiro atoms. The number of amides is 1. The van der Waals surface area contributed by atoms with Gasteiger partial charge in [-0.05, 0) is 18.2 Å². The maximum Gasteiger partial charge on any atom is 0.253 e. The highest BCUT2D eigenvalue weighted by Crippen LogP contribution is 2.20. The number of aliphatic hydroxyl groups is 1. The van der Waals surface area contributed by atoms with Crippen LogP contribution in [0.1, 0.15) is 10.4 Å². The highest BCUT2D eigenvalue weighted by molar-refractivity contribution is 5.94. The summed E-state index contributed by atoms with van der Waals surface area (Å²) in [4.78, 5) is 13.4. The van der Waals surface area contributed by atoms with Crippen LogP contribution in [0.15, 0.2) is 18.2 Å². The molecule has 1 heterocycles. The minimum atomic E-state index is -0.532. The number of anilines is 1. The zero-order chi connectivity index (χ0) is 13.8. The lowest BCUT2D eigenvalue weighted by Crippen LogP contribution is -2.52. The molecule has 1 aliphatic heterocycles. The Hall–Kier alpha value is -1.66. The summed E-state index contributed by atoms with van der Waals surface area (Å²) in [6.45, 7) is 2.16. The molecule has 19 heavy (non-hydrogen) atoms. The molecule has 2 rings (SSSR count). The quantitative estimate of drug-likeness (QED) is 0.719. The number of nitrogens with one attached hydrogen (secondary N) is 2. The molecule has 1 fully saturated rings. The van der Waals surface area contributed by atoms with Crippen molar-refractivity contribution in [2.45, 2.75) is 6.04 Å². The normalized spacial score (nSPS) is 19.3. The van der Waals surface area contributed by atoms with Crippen LogP contribution in [0.3, 0.4) is 0 Å². The molecule has 0 radical (unpaired) electrons. The molecule has 1 saturated heterocycles. The van der Waals surface area contributed by atoms with Gasteiger partial charge >= 0.3 is 0 Å². The number of aliphatic hydroxyl groups excluding tert-OH is 1. The van der Waals surface area contributed by atoms with Crippen molar-refractivity contribution < 1.29 is 14.3 Å². The summed E-state index contributed by atoms with van der Waals surface area (Å²) in [6, 6.07) is 4.58. The third-order valence-electron chi connectivity index (χ3n) is 3.27. The molecule has 1 amide bonds. The van der Waals surface area contributed by atoms with E-state index in [0.29, 0.717) is 6.54 Å². The second-order valence-electron chi connectivity index (χ2n) is 4.52. The van der Waals surface area contributed by atoms with Crippen molar-refractivity contribution in [2.24, 2.45) is 0 Å². The van der Waals surface area contributed by atoms with Gasteiger partial charge in [0.15, 0.2) is 0 Å². The summed E-state index contributed by atoms with van der Waals surface area (Å²) in [5.74, 6) is -0.964. The van der Waals surface area contributed by atoms with E-state index in [1.165, 1.54) is 19.2 Å². The van der Waals surface area contributed by atoms with Gasteiger partial charge in [-0.3, -0.25) is 4.79 Å². The van der Waals surface area contributed by atoms with Crippen molar-refractivity contribution in [3.05, 3.63) is 29.6 Å². The number of hydrogen-bond donors (Lipinski definition) is 3. The first kappa shape index (κ1) is 13.8. The van der Waals surface area contributed by atoms with Gasteiger partial charge in [0.25, 0.3) is 5.91 Å². The average molecular weight is 267 g/mol. The topological polar surface area (TPSA) is 64.6 Å². The Morgan fingerprint density at radius 3 is 3.05 bits per heavy atom. The highest BCUT2D eigenvalue weighted by Gasteiger charge is 2.20. The van der Waals surface area contributed by atoms with Gasteiger partial charge in [0, 0.05) is 38.4 Å². The van der Waals surface area contributed by atoms with Crippen LogP contribution in [0.4, 0.5) is 10.1 Å². The summed E-state index contributed by atoms with van der Waals surface area (Å²) in [6.07, 6.45) is 0. The van der Waals surface area contributed by atoms with Crippen LogP contribution in [0.25, 0.3) is 0 Å². The third-order valence-corrected chi connectivity index (χ3v) is 3.27. The number of rotatable bonds is 3. The minimum Gasteiger partial charge on any atom is -0.395 e. The first-order valence-corrected chi connectivity index (χ1v) is 6.26. The van der Waals surface area contributed by atoms with Crippen molar-refractivity contribution in [3.63, 3.8) is 0 Å². The number of hydrogen-bond acceptors (Lipinski definition) is 4. The molecule has 1 aromatic carbocycles. The lowest BCUT2D eigenvalue weighted by atomic mass is 10.1. The Morgan fingerprint density at radius 1 is 1.63 bits per heavy atom. The second kappa shape index (κ2) is 5.99. The van der Waals surface area contributed by atoms with E-state index in [1.807, 2.05) is 4.90 Å². The molecule has 6 heteroatoms. The SMILES string of the molecule is CNC(=O)c1ccc(N2CCN[C@H](CO)C2)cc1F. The summed E-state index contributed by atoms with van der Waals surface area (Å²) < 4.78 is 13.9. The first-order valence-electron chi connectivity index (χ1n) is 6.26. The van der Waals surface area contributed by atoms with Crippen molar-refractivity contribution in [1.82, 2.24) is 10.6 Å². The van der Waals surface area contributed by atoms with Gasteiger partial charge < -0.3 is 20.6 Å². The maximum atomic E-state index is 13.9. The lowest BCUT2D eigenvalue weighted by Gasteiger charge is -2.34. The molecular formula is C13H18FN3O2. The zero-order valence-corrected chi connectivity index (χ0v) is 10.8. The summed E-state index contributed by atoms with van der Waals surface area (Å²) in [7, 11) is 1.47. The molecule has 1 atom stereocenters. The first-order chi connectivity index (χ1) is 9.15. The molecule has 104 valence electrons. The van der Waals surface area contributed by atoms with Crippen LogP contribution < -0.4 is 15.5 Å². The Kier molecular flexibility index (Phi) is 4.34. The fourth-order valence-electron chi connectivity index (χ4n) is 2.20. The Bertz CT molecular complexity index is 467. The Balaban J connectivity index is 2.17. The predicted molar refractivity (Wildman–Crippen MR) is 70.9 cm³/mol. The van der Waals surface area contributed by atoms with Gasteiger partial charge in [0.2, 0.25) is 0 Å². The molecule has 5 nitrogen and oxygen atoms in total. The molecule has 0 bridgehead atoms. The number of carbonyl (C=O) groups excluding carboxylic acids is 1. The molecule has 0 saturated carbocycles. The van der Waals surface area contributed by atoms with Crippen molar-refractivity contribution in [1.29, 1.82) is 0 Å². The largest absolute Gasteiger partial charge is 0.395 e. The molecule has 1 aliphatic rings. The number of halogens is 1. The molecule has 3 N–H and O–H groups in total. The predicted octanol–water partition coefficient (Wildman–Crippen LogP) is -0.0442. The van der Waals surface area contributed by atoms with Gasteiger partial charge in [-0.25, -0.2) is 4.39 Å². The van der Waals surface area contributed by atoms with Crippen molar-refractivity contribution >= 4 is 11.6 Å². The number of carbonyl (C=O) groups is 1. The number of piperazine rings is 1. The molecular weight excluding hydrogens is 249 g/mol. The van der Waals surface area contributed by atoms with E-state index in [1.54, 1.807) is 6.07 Å². The van der Waals surface area contributed by atoms with Crippen LogP contribution in [0, 0.1) is 5.82 Å². The third kappa shape index (κ3) is 3.02. The summed E-state index contributed by atoms with van der Waals surface area (Å²) in [5.41, 5.74) is 0.769. The van der Waals surface area contributed by atoms with E-state index in [2.05, 4.69) is 10.6 Å². The van der Waals surface area contributed by atoms with Crippen LogP contribution in [-0.4, -0.2) is 50.3 Å². The van der Waals surface area contributed by atoms with E-state index in [4.69, 9.17) is 5.11 Å². The van der Waals surface area contributed by atoms with E-state index >= 15 is 0 Å². The van der Waals surface area contributed by atoms with E-state index in [0.717, 1.165) is 18.8 Å². The zero-order valence-electron chi connectivity index (χ0n) is 10.8. The molecule has 0 unspecified atom stereocenters. The van der Waals surface area contributed by atoms with Crippen LogP contribution in [0.2, 0.25) is 0 Å². The maximum absolute atomic E-state index is 13.9. The fraction of sp³-hybridized carbons (Fsp3) is 0.462. The molecule has 1 aromatic rings. The van der Waals surface area contributed by atoms with Gasteiger partial charge in [0.05, 0.1) is 12.2 Å². The van der Waals surface area contributed by atoms with Crippen molar-refractivity contribution in [2.75, 3.05) is 38.2 Å². The van der Waals surface area contributed by atoms with Gasteiger partial charge in [-0.2, -0.15) is 0 Å². The van der Waals surface area contributed by atoms with Gasteiger partial charge in [-0.15, -0.1) is 0 Å². The van der Waals surface area contributed by atoms with Crippen LogP contribution >= 0.6 is 0 Å². The molecule has 0 aliphatic carbocycles. The number of nitrogens with zero attached hydrogens (tertiary/aromatic N) is 1. The van der Waals surface area contributed by atoms with Gasteiger partial charge in [-0.1, -0.05) is 0 Å². The average Bonchev–Trinajstić information content (AvgIpc) is 2.46. The molecule has 0 aromatic heterocycles. The summed E-state index contributed by atoms with van der Waals surface area (Å²) >= 11 is 0. The number of benzene rings is 1. The lowest BCUT2D eigenvalue weighted by molar-refractivity contribution is 0.0959. The monoisotopic (exact) mass is 267 g/mol. The smallest absolute Gasteiger partial charge is 0.253 e. The second-order valence-corrected chi connectivity index (χ2v) is 4.52. The van der Waals surface area contributed by atoms with Crippen LogP contribution in [-0.2, 0) is 0 Å². The van der Waals surface area contributed by atoms with E-state index in [9.17, 15) is 9.18 Å². The van der Waals surface area contributed by atoms with Crippen LogP contribution in [0.5, 0.6) is 0 Å².